The summed E-state index contributed by atoms with van der Waals surface area (Å²) in [6.07, 6.45) is -0.0770. The second kappa shape index (κ2) is 7.05. The smallest absolute Gasteiger partial charge is 0.225 e. The van der Waals surface area contributed by atoms with Crippen LogP contribution >= 0.6 is 27.5 Å². The number of halogens is 3. The van der Waals surface area contributed by atoms with E-state index in [9.17, 15) is 9.18 Å². The van der Waals surface area contributed by atoms with Crippen LogP contribution in [0.25, 0.3) is 0 Å². The van der Waals surface area contributed by atoms with Gasteiger partial charge >= 0.3 is 0 Å². The molecule has 0 aliphatic rings. The molecule has 0 saturated carbocycles. The standard InChI is InChI=1S/C16H14BrClFNO/c1-10(11-5-7-12(17)8-6-11)20-16(21)9-13-14(18)3-2-4-15(13)19/h2-8,10H,9H2,1H3,(H,20,21)/t10-/m1/s1. The van der Waals surface area contributed by atoms with Gasteiger partial charge in [0, 0.05) is 15.1 Å². The molecule has 0 radical (unpaired) electrons. The Morgan fingerprint density at radius 2 is 1.95 bits per heavy atom. The molecule has 0 bridgehead atoms. The number of rotatable bonds is 4. The third-order valence-corrected chi connectivity index (χ3v) is 4.03. The van der Waals surface area contributed by atoms with Gasteiger partial charge in [-0.3, -0.25) is 4.79 Å². The predicted octanol–water partition coefficient (Wildman–Crippen LogP) is 4.66. The van der Waals surface area contributed by atoms with Gasteiger partial charge in [-0.05, 0) is 36.8 Å². The van der Waals surface area contributed by atoms with Crippen molar-refractivity contribution in [3.8, 4) is 0 Å². The van der Waals surface area contributed by atoms with E-state index in [0.29, 0.717) is 0 Å². The number of hydrogen-bond acceptors (Lipinski definition) is 1. The zero-order valence-electron chi connectivity index (χ0n) is 11.4. The summed E-state index contributed by atoms with van der Waals surface area (Å²) in [5.74, 6) is -0.730. The van der Waals surface area contributed by atoms with Gasteiger partial charge < -0.3 is 5.32 Å². The highest BCUT2D eigenvalue weighted by atomic mass is 79.9. The van der Waals surface area contributed by atoms with Crippen LogP contribution in [0.2, 0.25) is 5.02 Å². The Morgan fingerprint density at radius 1 is 1.29 bits per heavy atom. The Balaban J connectivity index is 2.03. The van der Waals surface area contributed by atoms with Gasteiger partial charge in [0.05, 0.1) is 12.5 Å². The van der Waals surface area contributed by atoms with Crippen LogP contribution in [0.4, 0.5) is 4.39 Å². The van der Waals surface area contributed by atoms with Gasteiger partial charge in [-0.15, -0.1) is 0 Å². The summed E-state index contributed by atoms with van der Waals surface area (Å²) in [5, 5.41) is 3.10. The van der Waals surface area contributed by atoms with Gasteiger partial charge in [-0.1, -0.05) is 45.7 Å². The summed E-state index contributed by atoms with van der Waals surface area (Å²) in [6, 6.07) is 11.9. The minimum Gasteiger partial charge on any atom is -0.349 e. The molecule has 0 unspecified atom stereocenters. The highest BCUT2D eigenvalue weighted by Crippen LogP contribution is 2.20. The summed E-state index contributed by atoms with van der Waals surface area (Å²) in [4.78, 5) is 12.0. The Morgan fingerprint density at radius 3 is 2.57 bits per heavy atom. The number of hydrogen-bond donors (Lipinski definition) is 1. The highest BCUT2D eigenvalue weighted by Gasteiger charge is 2.14. The van der Waals surface area contributed by atoms with Gasteiger partial charge in [-0.2, -0.15) is 0 Å². The molecule has 2 rings (SSSR count). The molecular formula is C16H14BrClFNO. The second-order valence-electron chi connectivity index (χ2n) is 4.72. The lowest BCUT2D eigenvalue weighted by molar-refractivity contribution is -0.121. The van der Waals surface area contributed by atoms with Crippen LogP contribution in [0.1, 0.15) is 24.1 Å². The van der Waals surface area contributed by atoms with Crippen molar-refractivity contribution in [2.45, 2.75) is 19.4 Å². The lowest BCUT2D eigenvalue weighted by Crippen LogP contribution is -2.28. The molecule has 21 heavy (non-hydrogen) atoms. The Bertz CT molecular complexity index is 625. The van der Waals surface area contributed by atoms with Crippen molar-refractivity contribution in [2.24, 2.45) is 0 Å². The molecular weight excluding hydrogens is 357 g/mol. The lowest BCUT2D eigenvalue weighted by atomic mass is 10.1. The summed E-state index contributed by atoms with van der Waals surface area (Å²) in [5.41, 5.74) is 1.20. The molecule has 1 amide bonds. The molecule has 0 aliphatic heterocycles. The first-order valence-electron chi connectivity index (χ1n) is 6.45. The van der Waals surface area contributed by atoms with E-state index in [-0.39, 0.29) is 29.0 Å². The van der Waals surface area contributed by atoms with Crippen molar-refractivity contribution in [3.05, 3.63) is 68.9 Å². The van der Waals surface area contributed by atoms with Crippen LogP contribution in [-0.2, 0) is 11.2 Å². The van der Waals surface area contributed by atoms with Crippen LogP contribution in [0.3, 0.4) is 0 Å². The largest absolute Gasteiger partial charge is 0.349 e. The van der Waals surface area contributed by atoms with Crippen molar-refractivity contribution in [2.75, 3.05) is 0 Å². The van der Waals surface area contributed by atoms with E-state index < -0.39 is 5.82 Å². The molecule has 2 aromatic rings. The average Bonchev–Trinajstić information content (AvgIpc) is 2.43. The maximum absolute atomic E-state index is 13.6. The molecule has 0 aliphatic carbocycles. The predicted molar refractivity (Wildman–Crippen MR) is 85.8 cm³/mol. The van der Waals surface area contributed by atoms with E-state index in [1.54, 1.807) is 6.07 Å². The third kappa shape index (κ3) is 4.29. The second-order valence-corrected chi connectivity index (χ2v) is 6.04. The van der Waals surface area contributed by atoms with Gasteiger partial charge in [0.2, 0.25) is 5.91 Å². The zero-order valence-corrected chi connectivity index (χ0v) is 13.7. The number of amides is 1. The number of nitrogens with one attached hydrogen (secondary N) is 1. The first kappa shape index (κ1) is 16.0. The van der Waals surface area contributed by atoms with Crippen molar-refractivity contribution in [3.63, 3.8) is 0 Å². The van der Waals surface area contributed by atoms with E-state index in [4.69, 9.17) is 11.6 Å². The van der Waals surface area contributed by atoms with E-state index in [2.05, 4.69) is 21.2 Å². The molecule has 0 fully saturated rings. The monoisotopic (exact) mass is 369 g/mol. The number of benzene rings is 2. The van der Waals surface area contributed by atoms with Gasteiger partial charge in [0.1, 0.15) is 5.82 Å². The fraction of sp³-hybridized carbons (Fsp3) is 0.188. The molecule has 0 heterocycles. The summed E-state index contributed by atoms with van der Waals surface area (Å²) >= 11 is 9.28. The lowest BCUT2D eigenvalue weighted by Gasteiger charge is -2.15. The molecule has 1 atom stereocenters. The summed E-state index contributed by atoms with van der Waals surface area (Å²) in [6.45, 7) is 1.88. The first-order valence-corrected chi connectivity index (χ1v) is 7.62. The average molecular weight is 371 g/mol. The van der Waals surface area contributed by atoms with E-state index in [0.717, 1.165) is 10.0 Å². The Labute approximate surface area is 136 Å². The minimum absolute atomic E-state index is 0.0770. The van der Waals surface area contributed by atoms with E-state index in [1.165, 1.54) is 12.1 Å². The third-order valence-electron chi connectivity index (χ3n) is 3.15. The van der Waals surface area contributed by atoms with Crippen molar-refractivity contribution < 1.29 is 9.18 Å². The molecule has 110 valence electrons. The number of carbonyl (C=O) groups excluding carboxylic acids is 1. The normalized spacial score (nSPS) is 12.0. The van der Waals surface area contributed by atoms with Crippen molar-refractivity contribution in [1.29, 1.82) is 0 Å². The maximum atomic E-state index is 13.6. The topological polar surface area (TPSA) is 29.1 Å². The fourth-order valence-corrected chi connectivity index (χ4v) is 2.48. The SMILES string of the molecule is C[C@@H](NC(=O)Cc1c(F)cccc1Cl)c1ccc(Br)cc1. The minimum atomic E-state index is -0.464. The quantitative estimate of drug-likeness (QED) is 0.833. The molecule has 5 heteroatoms. The summed E-state index contributed by atoms with van der Waals surface area (Å²) < 4.78 is 14.6. The summed E-state index contributed by atoms with van der Waals surface area (Å²) in [7, 11) is 0. The molecule has 2 nitrogen and oxygen atoms in total. The molecule has 1 N–H and O–H groups in total. The van der Waals surface area contributed by atoms with Crippen LogP contribution in [0.15, 0.2) is 46.9 Å². The Hall–Kier alpha value is -1.39. The molecule has 0 saturated heterocycles. The van der Waals surface area contributed by atoms with Crippen LogP contribution in [-0.4, -0.2) is 5.91 Å². The highest BCUT2D eigenvalue weighted by molar-refractivity contribution is 9.10. The van der Waals surface area contributed by atoms with Gasteiger partial charge in [-0.25, -0.2) is 4.39 Å². The fourth-order valence-electron chi connectivity index (χ4n) is 1.99. The van der Waals surface area contributed by atoms with E-state index in [1.807, 2.05) is 31.2 Å². The first-order chi connectivity index (χ1) is 9.97. The zero-order chi connectivity index (χ0) is 15.4. The van der Waals surface area contributed by atoms with Crippen LogP contribution in [0, 0.1) is 5.82 Å². The molecule has 2 aromatic carbocycles. The van der Waals surface area contributed by atoms with Gasteiger partial charge in [0.25, 0.3) is 0 Å². The van der Waals surface area contributed by atoms with Crippen LogP contribution < -0.4 is 5.32 Å². The maximum Gasteiger partial charge on any atom is 0.225 e. The molecule has 0 aromatic heterocycles. The van der Waals surface area contributed by atoms with Crippen molar-refractivity contribution in [1.82, 2.24) is 5.32 Å². The van der Waals surface area contributed by atoms with Gasteiger partial charge in [0.15, 0.2) is 0 Å². The van der Waals surface area contributed by atoms with E-state index >= 15 is 0 Å². The van der Waals surface area contributed by atoms with Crippen molar-refractivity contribution >= 4 is 33.4 Å². The van der Waals surface area contributed by atoms with Crippen LogP contribution in [0.5, 0.6) is 0 Å². The Kier molecular flexibility index (Phi) is 5.37. The number of carbonyl (C=O) groups is 1. The molecule has 0 spiro atoms.